The second-order valence-electron chi connectivity index (χ2n) is 7.77. The number of thiophene rings is 1. The first kappa shape index (κ1) is 19.3. The van der Waals surface area contributed by atoms with Gasteiger partial charge < -0.3 is 4.90 Å². The largest absolute Gasteiger partial charge is 0.307 e. The highest BCUT2D eigenvalue weighted by Gasteiger charge is 2.27. The van der Waals surface area contributed by atoms with Gasteiger partial charge in [-0.05, 0) is 90.6 Å². The van der Waals surface area contributed by atoms with Crippen molar-refractivity contribution in [2.45, 2.75) is 37.0 Å². The average molecular weight is 439 g/mol. The van der Waals surface area contributed by atoms with Crippen LogP contribution in [0.25, 0.3) is 0 Å². The van der Waals surface area contributed by atoms with Gasteiger partial charge in [0.1, 0.15) is 0 Å². The predicted octanol–water partition coefficient (Wildman–Crippen LogP) is 4.63. The van der Waals surface area contributed by atoms with Crippen molar-refractivity contribution in [3.63, 3.8) is 0 Å². The van der Waals surface area contributed by atoms with Gasteiger partial charge in [-0.1, -0.05) is 12.1 Å². The molecule has 154 valence electrons. The number of rotatable bonds is 4. The molecule has 2 aromatic carbocycles. The quantitative estimate of drug-likeness (QED) is 0.646. The van der Waals surface area contributed by atoms with Gasteiger partial charge in [0.25, 0.3) is 15.9 Å². The Bertz CT molecular complexity index is 1220. The Morgan fingerprint density at radius 2 is 1.77 bits per heavy atom. The van der Waals surface area contributed by atoms with E-state index in [2.05, 4.69) is 4.72 Å². The Morgan fingerprint density at radius 1 is 0.933 bits per heavy atom. The van der Waals surface area contributed by atoms with E-state index in [9.17, 15) is 13.2 Å². The van der Waals surface area contributed by atoms with Gasteiger partial charge in [0, 0.05) is 17.9 Å². The van der Waals surface area contributed by atoms with Crippen LogP contribution in [0.1, 0.15) is 39.2 Å². The van der Waals surface area contributed by atoms with Crippen molar-refractivity contribution in [1.29, 1.82) is 0 Å². The van der Waals surface area contributed by atoms with Crippen molar-refractivity contribution >= 4 is 38.6 Å². The molecule has 0 saturated heterocycles. The number of hydrogen-bond donors (Lipinski definition) is 1. The molecule has 3 aromatic rings. The zero-order valence-corrected chi connectivity index (χ0v) is 18.1. The normalized spacial score (nSPS) is 15.5. The third-order valence-electron chi connectivity index (χ3n) is 5.83. The van der Waals surface area contributed by atoms with E-state index < -0.39 is 10.0 Å². The van der Waals surface area contributed by atoms with Gasteiger partial charge in [-0.2, -0.15) is 0 Å². The van der Waals surface area contributed by atoms with Crippen LogP contribution in [0.4, 0.5) is 11.4 Å². The van der Waals surface area contributed by atoms with E-state index in [4.69, 9.17) is 0 Å². The smallest absolute Gasteiger partial charge is 0.268 e. The minimum absolute atomic E-state index is 0.00820. The Kier molecular flexibility index (Phi) is 4.87. The Balaban J connectivity index is 1.38. The summed E-state index contributed by atoms with van der Waals surface area (Å²) in [6.45, 7) is 0.604. The second-order valence-corrected chi connectivity index (χ2v) is 10.4. The average Bonchev–Trinajstić information content (AvgIpc) is 3.42. The lowest BCUT2D eigenvalue weighted by Crippen LogP contribution is -2.28. The van der Waals surface area contributed by atoms with Crippen LogP contribution in [0.5, 0.6) is 0 Å². The molecule has 2 aliphatic rings. The fraction of sp³-hybridized carbons (Fsp3) is 0.261. The number of amides is 1. The first-order chi connectivity index (χ1) is 14.5. The van der Waals surface area contributed by atoms with Gasteiger partial charge in [-0.15, -0.1) is 11.3 Å². The van der Waals surface area contributed by atoms with E-state index in [1.165, 1.54) is 23.3 Å². The fourth-order valence-corrected chi connectivity index (χ4v) is 6.07. The number of nitrogens with one attached hydrogen (secondary N) is 1. The molecule has 1 aliphatic heterocycles. The lowest BCUT2D eigenvalue weighted by Gasteiger charge is -2.18. The number of carbonyl (C=O) groups excluding carboxylic acids is 1. The summed E-state index contributed by atoms with van der Waals surface area (Å²) in [6, 6.07) is 14.5. The number of anilines is 2. The standard InChI is InChI=1S/C23H22N2O3S2/c26-23(22-6-3-13-29-22)25-12-11-18-14-19(8-10-21(18)25)24-30(27,28)20-9-7-16-4-1-2-5-17(16)15-20/h3,6-10,13-15,24H,1-2,4-5,11-12H2. The molecule has 5 rings (SSSR count). The number of fused-ring (bicyclic) bond motifs is 2. The molecular formula is C23H22N2O3S2. The van der Waals surface area contributed by atoms with E-state index in [0.717, 1.165) is 36.1 Å². The minimum Gasteiger partial charge on any atom is -0.307 e. The highest BCUT2D eigenvalue weighted by molar-refractivity contribution is 7.92. The van der Waals surface area contributed by atoms with Gasteiger partial charge >= 0.3 is 0 Å². The lowest BCUT2D eigenvalue weighted by molar-refractivity contribution is 0.0993. The molecule has 7 heteroatoms. The highest BCUT2D eigenvalue weighted by Crippen LogP contribution is 2.33. The Morgan fingerprint density at radius 3 is 2.57 bits per heavy atom. The third kappa shape index (κ3) is 3.52. The van der Waals surface area contributed by atoms with Gasteiger partial charge in [-0.25, -0.2) is 8.42 Å². The van der Waals surface area contributed by atoms with Gasteiger partial charge in [-0.3, -0.25) is 9.52 Å². The summed E-state index contributed by atoms with van der Waals surface area (Å²) in [5.41, 5.74) is 4.75. The van der Waals surface area contributed by atoms with Gasteiger partial charge in [0.2, 0.25) is 0 Å². The molecule has 0 bridgehead atoms. The second kappa shape index (κ2) is 7.56. The maximum atomic E-state index is 12.9. The van der Waals surface area contributed by atoms with Crippen LogP contribution < -0.4 is 9.62 Å². The van der Waals surface area contributed by atoms with Crippen LogP contribution in [0.3, 0.4) is 0 Å². The van der Waals surface area contributed by atoms with E-state index in [1.807, 2.05) is 41.8 Å². The summed E-state index contributed by atoms with van der Waals surface area (Å²) in [7, 11) is -3.66. The molecule has 0 unspecified atom stereocenters. The third-order valence-corrected chi connectivity index (χ3v) is 8.07. The maximum Gasteiger partial charge on any atom is 0.268 e. The van der Waals surface area contributed by atoms with E-state index in [0.29, 0.717) is 28.4 Å². The molecule has 0 atom stereocenters. The Hall–Kier alpha value is -2.64. The van der Waals surface area contributed by atoms with Gasteiger partial charge in [0.05, 0.1) is 9.77 Å². The topological polar surface area (TPSA) is 66.5 Å². The summed E-state index contributed by atoms with van der Waals surface area (Å²) in [6.07, 6.45) is 4.94. The molecule has 1 aromatic heterocycles. The molecule has 0 radical (unpaired) electrons. The van der Waals surface area contributed by atoms with Crippen molar-refractivity contribution in [2.75, 3.05) is 16.2 Å². The zero-order valence-electron chi connectivity index (χ0n) is 16.4. The molecule has 5 nitrogen and oxygen atoms in total. The number of benzene rings is 2. The minimum atomic E-state index is -3.66. The van der Waals surface area contributed by atoms with Crippen LogP contribution in [0.2, 0.25) is 0 Å². The van der Waals surface area contributed by atoms with Crippen molar-refractivity contribution in [3.8, 4) is 0 Å². The molecule has 0 spiro atoms. The molecular weight excluding hydrogens is 416 g/mol. The summed E-state index contributed by atoms with van der Waals surface area (Å²) in [4.78, 5) is 15.5. The van der Waals surface area contributed by atoms with E-state index >= 15 is 0 Å². The van der Waals surface area contributed by atoms with Gasteiger partial charge in [0.15, 0.2) is 0 Å². The summed E-state index contributed by atoms with van der Waals surface area (Å²) in [5.74, 6) is -0.00820. The first-order valence-corrected chi connectivity index (χ1v) is 12.5. The number of carbonyl (C=O) groups is 1. The maximum absolute atomic E-state index is 12.9. The van der Waals surface area contributed by atoms with Crippen LogP contribution in [0, 0.1) is 0 Å². The molecule has 1 amide bonds. The van der Waals surface area contributed by atoms with Crippen LogP contribution >= 0.6 is 11.3 Å². The number of aryl methyl sites for hydroxylation is 2. The number of nitrogens with zero attached hydrogens (tertiary/aromatic N) is 1. The number of sulfonamides is 1. The van der Waals surface area contributed by atoms with Crippen molar-refractivity contribution in [3.05, 3.63) is 75.5 Å². The summed E-state index contributed by atoms with van der Waals surface area (Å²) < 4.78 is 28.6. The Labute approximate surface area is 180 Å². The van der Waals surface area contributed by atoms with E-state index in [-0.39, 0.29) is 5.91 Å². The SMILES string of the molecule is O=C(c1cccs1)N1CCc2cc(NS(=O)(=O)c3ccc4c(c3)CCCC4)ccc21. The van der Waals surface area contributed by atoms with Crippen LogP contribution in [-0.2, 0) is 29.3 Å². The number of hydrogen-bond acceptors (Lipinski definition) is 4. The fourth-order valence-electron chi connectivity index (χ4n) is 4.30. The molecule has 2 heterocycles. The highest BCUT2D eigenvalue weighted by atomic mass is 32.2. The summed E-state index contributed by atoms with van der Waals surface area (Å²) >= 11 is 1.43. The monoisotopic (exact) mass is 438 g/mol. The summed E-state index contributed by atoms with van der Waals surface area (Å²) in [5, 5.41) is 1.89. The molecule has 30 heavy (non-hydrogen) atoms. The molecule has 0 saturated carbocycles. The first-order valence-electron chi connectivity index (χ1n) is 10.1. The van der Waals surface area contributed by atoms with Crippen molar-refractivity contribution in [1.82, 2.24) is 0 Å². The molecule has 1 N–H and O–H groups in total. The molecule has 0 fully saturated rings. The van der Waals surface area contributed by atoms with Crippen LogP contribution in [0.15, 0.2) is 58.8 Å². The molecule has 1 aliphatic carbocycles. The van der Waals surface area contributed by atoms with Crippen molar-refractivity contribution in [2.24, 2.45) is 0 Å². The predicted molar refractivity (Wildman–Crippen MR) is 120 cm³/mol. The van der Waals surface area contributed by atoms with E-state index in [1.54, 1.807) is 17.0 Å². The lowest BCUT2D eigenvalue weighted by atomic mass is 9.92. The van der Waals surface area contributed by atoms with Crippen molar-refractivity contribution < 1.29 is 13.2 Å². The van der Waals surface area contributed by atoms with Crippen LogP contribution in [-0.4, -0.2) is 20.9 Å². The zero-order chi connectivity index (χ0) is 20.7.